The molecule has 88 valence electrons. The first-order valence-corrected chi connectivity index (χ1v) is 5.61. The average molecular weight is 230 g/mol. The molecule has 1 aromatic heterocycles. The van der Waals surface area contributed by atoms with E-state index in [2.05, 4.69) is 4.98 Å². The van der Waals surface area contributed by atoms with Gasteiger partial charge in [0.1, 0.15) is 11.6 Å². The molecule has 1 aromatic carbocycles. The fraction of sp³-hybridized carbons (Fsp3) is 0.214. The molecule has 2 rings (SSSR count). The van der Waals surface area contributed by atoms with Gasteiger partial charge < -0.3 is 5.73 Å². The second-order valence-corrected chi connectivity index (χ2v) is 4.19. The van der Waals surface area contributed by atoms with Crippen molar-refractivity contribution < 1.29 is 4.39 Å². The lowest BCUT2D eigenvalue weighted by Gasteiger charge is -2.04. The first kappa shape index (κ1) is 11.6. The Labute approximate surface area is 100 Å². The molecule has 0 aliphatic rings. The van der Waals surface area contributed by atoms with E-state index in [1.165, 1.54) is 6.07 Å². The van der Waals surface area contributed by atoms with Gasteiger partial charge in [-0.2, -0.15) is 0 Å². The van der Waals surface area contributed by atoms with Crippen LogP contribution in [0.3, 0.4) is 0 Å². The number of aryl methyl sites for hydroxylation is 3. The Bertz CT molecular complexity index is 503. The number of hydrogen-bond donors (Lipinski definition) is 1. The highest BCUT2D eigenvalue weighted by molar-refractivity contribution is 5.34. The second-order valence-electron chi connectivity index (χ2n) is 4.19. The van der Waals surface area contributed by atoms with E-state index in [0.717, 1.165) is 29.7 Å². The molecular formula is C14H15FN2. The van der Waals surface area contributed by atoms with E-state index in [-0.39, 0.29) is 5.82 Å². The predicted octanol–water partition coefficient (Wildman–Crippen LogP) is 2.90. The highest BCUT2D eigenvalue weighted by atomic mass is 19.1. The van der Waals surface area contributed by atoms with Gasteiger partial charge in [-0.05, 0) is 55.2 Å². The summed E-state index contributed by atoms with van der Waals surface area (Å²) in [7, 11) is 0. The minimum absolute atomic E-state index is 0.195. The lowest BCUT2D eigenvalue weighted by molar-refractivity contribution is 0.625. The third-order valence-corrected chi connectivity index (χ3v) is 2.60. The maximum Gasteiger partial charge on any atom is 0.123 e. The molecule has 2 nitrogen and oxygen atoms in total. The molecule has 0 saturated heterocycles. The zero-order valence-electron chi connectivity index (χ0n) is 9.78. The van der Waals surface area contributed by atoms with E-state index >= 15 is 0 Å². The van der Waals surface area contributed by atoms with Crippen LogP contribution in [0.5, 0.6) is 0 Å². The number of nitrogen functional groups attached to an aromatic ring is 1. The van der Waals surface area contributed by atoms with Gasteiger partial charge in [0, 0.05) is 5.69 Å². The van der Waals surface area contributed by atoms with Gasteiger partial charge in [-0.3, -0.25) is 0 Å². The van der Waals surface area contributed by atoms with E-state index in [1.807, 2.05) is 25.1 Å². The Morgan fingerprint density at radius 2 is 2.00 bits per heavy atom. The fourth-order valence-electron chi connectivity index (χ4n) is 1.86. The van der Waals surface area contributed by atoms with E-state index in [9.17, 15) is 4.39 Å². The van der Waals surface area contributed by atoms with Gasteiger partial charge in [0.25, 0.3) is 0 Å². The normalized spacial score (nSPS) is 10.5. The number of pyridine rings is 1. The molecule has 0 atom stereocenters. The fourth-order valence-corrected chi connectivity index (χ4v) is 1.86. The SMILES string of the molecule is Cc1cc(N)nc(CCc2cccc(F)c2)c1. The van der Waals surface area contributed by atoms with Crippen molar-refractivity contribution >= 4 is 5.82 Å². The van der Waals surface area contributed by atoms with E-state index < -0.39 is 0 Å². The van der Waals surface area contributed by atoms with Gasteiger partial charge in [-0.25, -0.2) is 9.37 Å². The molecule has 2 N–H and O–H groups in total. The summed E-state index contributed by atoms with van der Waals surface area (Å²) >= 11 is 0. The van der Waals surface area contributed by atoms with Crippen LogP contribution in [0.25, 0.3) is 0 Å². The van der Waals surface area contributed by atoms with E-state index in [0.29, 0.717) is 5.82 Å². The largest absolute Gasteiger partial charge is 0.384 e. The van der Waals surface area contributed by atoms with Crippen molar-refractivity contribution in [2.75, 3.05) is 5.73 Å². The Balaban J connectivity index is 2.07. The average Bonchev–Trinajstić information content (AvgIpc) is 2.25. The maximum absolute atomic E-state index is 13.0. The summed E-state index contributed by atoms with van der Waals surface area (Å²) in [6, 6.07) is 10.5. The summed E-state index contributed by atoms with van der Waals surface area (Å²) in [6.07, 6.45) is 1.54. The monoisotopic (exact) mass is 230 g/mol. The molecule has 1 heterocycles. The molecule has 0 spiro atoms. The lowest BCUT2D eigenvalue weighted by Crippen LogP contribution is -1.99. The number of aromatic nitrogens is 1. The van der Waals surface area contributed by atoms with Crippen LogP contribution in [0.2, 0.25) is 0 Å². The number of nitrogens with two attached hydrogens (primary N) is 1. The third-order valence-electron chi connectivity index (χ3n) is 2.60. The van der Waals surface area contributed by atoms with Gasteiger partial charge in [0.15, 0.2) is 0 Å². The van der Waals surface area contributed by atoms with Crippen molar-refractivity contribution in [3.05, 3.63) is 59.0 Å². The van der Waals surface area contributed by atoms with Crippen molar-refractivity contribution in [1.29, 1.82) is 0 Å². The quantitative estimate of drug-likeness (QED) is 0.880. The first-order chi connectivity index (χ1) is 8.13. The first-order valence-electron chi connectivity index (χ1n) is 5.61. The van der Waals surface area contributed by atoms with Crippen LogP contribution in [0, 0.1) is 12.7 Å². The minimum Gasteiger partial charge on any atom is -0.384 e. The number of benzene rings is 1. The van der Waals surface area contributed by atoms with Gasteiger partial charge in [0.2, 0.25) is 0 Å². The summed E-state index contributed by atoms with van der Waals surface area (Å²) in [5.74, 6) is 0.346. The Hall–Kier alpha value is -1.90. The van der Waals surface area contributed by atoms with Crippen LogP contribution >= 0.6 is 0 Å². The van der Waals surface area contributed by atoms with Crippen molar-refractivity contribution in [2.24, 2.45) is 0 Å². The molecular weight excluding hydrogens is 215 g/mol. The highest BCUT2D eigenvalue weighted by Crippen LogP contribution is 2.11. The number of nitrogens with zero attached hydrogens (tertiary/aromatic N) is 1. The summed E-state index contributed by atoms with van der Waals surface area (Å²) in [5.41, 5.74) is 8.71. The standard InChI is InChI=1S/C14H15FN2/c1-10-7-13(17-14(16)8-10)6-5-11-3-2-4-12(15)9-11/h2-4,7-9H,5-6H2,1H3,(H2,16,17). The smallest absolute Gasteiger partial charge is 0.123 e. The summed E-state index contributed by atoms with van der Waals surface area (Å²) in [4.78, 5) is 4.26. The molecule has 0 amide bonds. The lowest BCUT2D eigenvalue weighted by atomic mass is 10.1. The van der Waals surface area contributed by atoms with Crippen LogP contribution in [-0.4, -0.2) is 4.98 Å². The molecule has 0 aliphatic heterocycles. The molecule has 3 heteroatoms. The third kappa shape index (κ3) is 3.28. The van der Waals surface area contributed by atoms with Gasteiger partial charge >= 0.3 is 0 Å². The van der Waals surface area contributed by atoms with Crippen LogP contribution in [-0.2, 0) is 12.8 Å². The molecule has 0 bridgehead atoms. The minimum atomic E-state index is -0.195. The molecule has 0 saturated carbocycles. The van der Waals surface area contributed by atoms with E-state index in [4.69, 9.17) is 5.73 Å². The van der Waals surface area contributed by atoms with Crippen LogP contribution < -0.4 is 5.73 Å². The molecule has 0 aliphatic carbocycles. The number of hydrogen-bond acceptors (Lipinski definition) is 2. The van der Waals surface area contributed by atoms with Crippen LogP contribution in [0.15, 0.2) is 36.4 Å². The van der Waals surface area contributed by atoms with Crippen molar-refractivity contribution in [2.45, 2.75) is 19.8 Å². The Morgan fingerprint density at radius 1 is 1.18 bits per heavy atom. The molecule has 0 unspecified atom stereocenters. The van der Waals surface area contributed by atoms with Gasteiger partial charge in [0.05, 0.1) is 0 Å². The van der Waals surface area contributed by atoms with Crippen molar-refractivity contribution in [3.8, 4) is 0 Å². The second kappa shape index (κ2) is 4.95. The summed E-state index contributed by atoms with van der Waals surface area (Å²) in [5, 5.41) is 0. The van der Waals surface area contributed by atoms with Crippen molar-refractivity contribution in [1.82, 2.24) is 4.98 Å². The zero-order valence-corrected chi connectivity index (χ0v) is 9.78. The topological polar surface area (TPSA) is 38.9 Å². The van der Waals surface area contributed by atoms with Gasteiger partial charge in [-0.15, -0.1) is 0 Å². The summed E-state index contributed by atoms with van der Waals surface area (Å²) in [6.45, 7) is 1.99. The number of anilines is 1. The van der Waals surface area contributed by atoms with E-state index in [1.54, 1.807) is 12.1 Å². The van der Waals surface area contributed by atoms with Crippen LogP contribution in [0.1, 0.15) is 16.8 Å². The highest BCUT2D eigenvalue weighted by Gasteiger charge is 2.00. The molecule has 17 heavy (non-hydrogen) atoms. The Kier molecular flexibility index (Phi) is 3.38. The molecule has 0 radical (unpaired) electrons. The molecule has 2 aromatic rings. The Morgan fingerprint density at radius 3 is 2.71 bits per heavy atom. The predicted molar refractivity (Wildman–Crippen MR) is 67.2 cm³/mol. The summed E-state index contributed by atoms with van der Waals surface area (Å²) < 4.78 is 13.0. The molecule has 0 fully saturated rings. The van der Waals surface area contributed by atoms with Crippen LogP contribution in [0.4, 0.5) is 10.2 Å². The zero-order chi connectivity index (χ0) is 12.3. The number of halogens is 1. The number of rotatable bonds is 3. The van der Waals surface area contributed by atoms with Crippen molar-refractivity contribution in [3.63, 3.8) is 0 Å². The van der Waals surface area contributed by atoms with Gasteiger partial charge in [-0.1, -0.05) is 12.1 Å². The maximum atomic E-state index is 13.0.